The van der Waals surface area contributed by atoms with Crippen LogP contribution in [0.1, 0.15) is 30.9 Å². The lowest BCUT2D eigenvalue weighted by Crippen LogP contribution is -2.15. The van der Waals surface area contributed by atoms with Crippen LogP contribution in [0.4, 0.5) is 0 Å². The molecule has 14 heavy (non-hydrogen) atoms. The van der Waals surface area contributed by atoms with Crippen LogP contribution in [0.2, 0.25) is 0 Å². The van der Waals surface area contributed by atoms with Crippen molar-refractivity contribution < 1.29 is 4.74 Å². The highest BCUT2D eigenvalue weighted by Crippen LogP contribution is 2.29. The molecule has 2 rings (SSSR count). The predicted octanol–water partition coefficient (Wildman–Crippen LogP) is 0.166. The van der Waals surface area contributed by atoms with Gasteiger partial charge in [0.1, 0.15) is 11.6 Å². The molecule has 0 spiro atoms. The van der Waals surface area contributed by atoms with Gasteiger partial charge in [0.15, 0.2) is 0 Å². The Kier molecular flexibility index (Phi) is 2.52. The van der Waals surface area contributed by atoms with E-state index in [4.69, 9.17) is 10.5 Å². The molecule has 0 saturated carbocycles. The molecular formula is C9H16N4O. The van der Waals surface area contributed by atoms with Crippen LogP contribution in [0.5, 0.6) is 0 Å². The van der Waals surface area contributed by atoms with Crippen molar-refractivity contribution in [1.82, 2.24) is 14.8 Å². The Labute approximate surface area is 83.3 Å². The zero-order valence-electron chi connectivity index (χ0n) is 8.60. The number of nitrogens with two attached hydrogens (primary N) is 1. The minimum atomic E-state index is 0.239. The van der Waals surface area contributed by atoms with Crippen molar-refractivity contribution in [2.24, 2.45) is 12.8 Å². The number of rotatable bonds is 2. The SMILES string of the molecule is CC1OCCC1c1nnc(CN)n1C. The van der Waals surface area contributed by atoms with Gasteiger partial charge in [-0.1, -0.05) is 0 Å². The molecule has 78 valence electrons. The van der Waals surface area contributed by atoms with E-state index in [1.165, 1.54) is 0 Å². The highest BCUT2D eigenvalue weighted by atomic mass is 16.5. The lowest BCUT2D eigenvalue weighted by atomic mass is 10.0. The summed E-state index contributed by atoms with van der Waals surface area (Å²) >= 11 is 0. The molecular weight excluding hydrogens is 180 g/mol. The third kappa shape index (κ3) is 1.42. The summed E-state index contributed by atoms with van der Waals surface area (Å²) in [5.41, 5.74) is 5.54. The number of nitrogens with zero attached hydrogens (tertiary/aromatic N) is 3. The van der Waals surface area contributed by atoms with Crippen LogP contribution >= 0.6 is 0 Å². The molecule has 1 aliphatic heterocycles. The van der Waals surface area contributed by atoms with E-state index >= 15 is 0 Å². The zero-order chi connectivity index (χ0) is 10.1. The summed E-state index contributed by atoms with van der Waals surface area (Å²) in [6.07, 6.45) is 1.26. The summed E-state index contributed by atoms with van der Waals surface area (Å²) in [6, 6.07) is 0. The molecule has 5 nitrogen and oxygen atoms in total. The molecule has 1 fully saturated rings. The van der Waals surface area contributed by atoms with Gasteiger partial charge in [-0.2, -0.15) is 0 Å². The highest BCUT2D eigenvalue weighted by molar-refractivity contribution is 5.05. The predicted molar refractivity (Wildman–Crippen MR) is 51.7 cm³/mol. The Morgan fingerprint density at radius 1 is 1.57 bits per heavy atom. The summed E-state index contributed by atoms with van der Waals surface area (Å²) in [6.45, 7) is 3.33. The summed E-state index contributed by atoms with van der Waals surface area (Å²) < 4.78 is 7.49. The fourth-order valence-electron chi connectivity index (χ4n) is 1.95. The number of ether oxygens (including phenoxy) is 1. The first kappa shape index (κ1) is 9.61. The van der Waals surface area contributed by atoms with Crippen molar-refractivity contribution in [2.75, 3.05) is 6.61 Å². The molecule has 1 aromatic rings. The molecule has 5 heteroatoms. The summed E-state index contributed by atoms with van der Waals surface area (Å²) in [4.78, 5) is 0. The largest absolute Gasteiger partial charge is 0.378 e. The smallest absolute Gasteiger partial charge is 0.146 e. The van der Waals surface area contributed by atoms with E-state index in [1.54, 1.807) is 0 Å². The Bertz CT molecular complexity index is 323. The van der Waals surface area contributed by atoms with Gasteiger partial charge < -0.3 is 15.0 Å². The van der Waals surface area contributed by atoms with Crippen molar-refractivity contribution in [1.29, 1.82) is 0 Å². The van der Waals surface area contributed by atoms with E-state index in [0.29, 0.717) is 12.5 Å². The minimum Gasteiger partial charge on any atom is -0.378 e. The molecule has 1 aromatic heterocycles. The van der Waals surface area contributed by atoms with Gasteiger partial charge in [-0.3, -0.25) is 0 Å². The summed E-state index contributed by atoms with van der Waals surface area (Å²) in [5.74, 6) is 2.20. The molecule has 0 radical (unpaired) electrons. The molecule has 1 saturated heterocycles. The maximum atomic E-state index is 5.54. The number of hydrogen-bond acceptors (Lipinski definition) is 4. The Hall–Kier alpha value is -0.940. The first-order valence-electron chi connectivity index (χ1n) is 4.94. The van der Waals surface area contributed by atoms with E-state index in [0.717, 1.165) is 24.7 Å². The molecule has 2 N–H and O–H groups in total. The summed E-state index contributed by atoms with van der Waals surface area (Å²) in [5, 5.41) is 8.22. The second-order valence-corrected chi connectivity index (χ2v) is 3.71. The minimum absolute atomic E-state index is 0.239. The Morgan fingerprint density at radius 2 is 2.36 bits per heavy atom. The van der Waals surface area contributed by atoms with E-state index in [9.17, 15) is 0 Å². The maximum Gasteiger partial charge on any atom is 0.146 e. The molecule has 2 atom stereocenters. The van der Waals surface area contributed by atoms with E-state index in [-0.39, 0.29) is 6.10 Å². The fraction of sp³-hybridized carbons (Fsp3) is 0.778. The van der Waals surface area contributed by atoms with Gasteiger partial charge in [0.25, 0.3) is 0 Å². The van der Waals surface area contributed by atoms with Crippen LogP contribution in [0.15, 0.2) is 0 Å². The first-order valence-corrected chi connectivity index (χ1v) is 4.94. The normalized spacial score (nSPS) is 27.1. The van der Waals surface area contributed by atoms with Gasteiger partial charge in [0, 0.05) is 19.6 Å². The third-order valence-corrected chi connectivity index (χ3v) is 2.89. The van der Waals surface area contributed by atoms with Crippen molar-refractivity contribution in [3.05, 3.63) is 11.6 Å². The molecule has 0 aromatic carbocycles. The molecule has 0 amide bonds. The van der Waals surface area contributed by atoms with Crippen molar-refractivity contribution in [2.45, 2.75) is 31.9 Å². The van der Waals surface area contributed by atoms with Crippen LogP contribution in [-0.4, -0.2) is 27.5 Å². The van der Waals surface area contributed by atoms with E-state index in [1.807, 2.05) is 11.6 Å². The Balaban J connectivity index is 2.27. The van der Waals surface area contributed by atoms with Crippen LogP contribution in [0.25, 0.3) is 0 Å². The second-order valence-electron chi connectivity index (χ2n) is 3.71. The van der Waals surface area contributed by atoms with Crippen LogP contribution in [-0.2, 0) is 18.3 Å². The van der Waals surface area contributed by atoms with Gasteiger partial charge in [-0.15, -0.1) is 10.2 Å². The number of hydrogen-bond donors (Lipinski definition) is 1. The van der Waals surface area contributed by atoms with Crippen LogP contribution in [0, 0.1) is 0 Å². The molecule has 2 unspecified atom stereocenters. The highest BCUT2D eigenvalue weighted by Gasteiger charge is 2.30. The maximum absolute atomic E-state index is 5.54. The Morgan fingerprint density at radius 3 is 2.86 bits per heavy atom. The van der Waals surface area contributed by atoms with Gasteiger partial charge in [0.2, 0.25) is 0 Å². The summed E-state index contributed by atoms with van der Waals surface area (Å²) in [7, 11) is 1.96. The van der Waals surface area contributed by atoms with Gasteiger partial charge in [0.05, 0.1) is 12.6 Å². The van der Waals surface area contributed by atoms with Crippen molar-refractivity contribution in [3.8, 4) is 0 Å². The average Bonchev–Trinajstić information content (AvgIpc) is 2.72. The fourth-order valence-corrected chi connectivity index (χ4v) is 1.95. The second kappa shape index (κ2) is 3.67. The quantitative estimate of drug-likeness (QED) is 0.732. The van der Waals surface area contributed by atoms with E-state index in [2.05, 4.69) is 17.1 Å². The van der Waals surface area contributed by atoms with Crippen LogP contribution < -0.4 is 5.73 Å². The van der Waals surface area contributed by atoms with Gasteiger partial charge in [-0.05, 0) is 13.3 Å². The standard InChI is InChI=1S/C9H16N4O/c1-6-7(3-4-14-6)9-12-11-8(5-10)13(9)2/h6-7H,3-5,10H2,1-2H3. The topological polar surface area (TPSA) is 66.0 Å². The molecule has 2 heterocycles. The lowest BCUT2D eigenvalue weighted by Gasteiger charge is -2.12. The molecule has 1 aliphatic rings. The van der Waals surface area contributed by atoms with E-state index < -0.39 is 0 Å². The first-order chi connectivity index (χ1) is 6.74. The number of aromatic nitrogens is 3. The third-order valence-electron chi connectivity index (χ3n) is 2.89. The van der Waals surface area contributed by atoms with Crippen molar-refractivity contribution in [3.63, 3.8) is 0 Å². The molecule has 0 bridgehead atoms. The molecule has 0 aliphatic carbocycles. The van der Waals surface area contributed by atoms with Gasteiger partial charge >= 0.3 is 0 Å². The monoisotopic (exact) mass is 196 g/mol. The van der Waals surface area contributed by atoms with Crippen molar-refractivity contribution >= 4 is 0 Å². The zero-order valence-corrected chi connectivity index (χ0v) is 8.60. The van der Waals surface area contributed by atoms with Crippen LogP contribution in [0.3, 0.4) is 0 Å². The lowest BCUT2D eigenvalue weighted by molar-refractivity contribution is 0.117. The average molecular weight is 196 g/mol. The van der Waals surface area contributed by atoms with Gasteiger partial charge in [-0.25, -0.2) is 0 Å².